The summed E-state index contributed by atoms with van der Waals surface area (Å²) < 4.78 is 4.73. The molecule has 0 heterocycles. The van der Waals surface area contributed by atoms with Crippen molar-refractivity contribution in [1.29, 1.82) is 0 Å². The number of thioether (sulfide) groups is 1. The van der Waals surface area contributed by atoms with Crippen LogP contribution in [0, 0.1) is 0 Å². The lowest BCUT2D eigenvalue weighted by Gasteiger charge is -2.26. The molecule has 0 fully saturated rings. The van der Waals surface area contributed by atoms with Gasteiger partial charge in [0, 0.05) is 4.90 Å². The van der Waals surface area contributed by atoms with Crippen molar-refractivity contribution in [3.05, 3.63) is 101 Å². The number of methoxy groups -OCH3 is 1. The van der Waals surface area contributed by atoms with E-state index in [9.17, 15) is 19.8 Å². The monoisotopic (exact) mass is 519 g/mol. The number of aliphatic carboxylic acids is 1. The summed E-state index contributed by atoms with van der Waals surface area (Å²) >= 11 is 1.25. The van der Waals surface area contributed by atoms with Crippen molar-refractivity contribution in [3.8, 4) is 0 Å². The van der Waals surface area contributed by atoms with Crippen LogP contribution in [0.1, 0.15) is 70.8 Å². The molecular formula is C31H35O5S-. The number of benzene rings is 3. The Morgan fingerprint density at radius 1 is 0.811 bits per heavy atom. The number of esters is 1. The Kier molecular flexibility index (Phi) is 11.7. The third-order valence-corrected chi connectivity index (χ3v) is 7.74. The zero-order valence-corrected chi connectivity index (χ0v) is 22.1. The van der Waals surface area contributed by atoms with Crippen LogP contribution < -0.4 is 5.11 Å². The second-order valence-corrected chi connectivity index (χ2v) is 10.3. The van der Waals surface area contributed by atoms with Crippen molar-refractivity contribution in [2.24, 2.45) is 0 Å². The maximum Gasteiger partial charge on any atom is 0.337 e. The molecule has 0 radical (unpaired) electrons. The average Bonchev–Trinajstić information content (AvgIpc) is 2.93. The van der Waals surface area contributed by atoms with Gasteiger partial charge in [-0.1, -0.05) is 80.3 Å². The lowest BCUT2D eigenvalue weighted by Crippen LogP contribution is -2.39. The van der Waals surface area contributed by atoms with Crippen LogP contribution >= 0.6 is 11.8 Å². The summed E-state index contributed by atoms with van der Waals surface area (Å²) in [4.78, 5) is 24.1. The third-order valence-electron chi connectivity index (χ3n) is 6.43. The number of rotatable bonds is 15. The van der Waals surface area contributed by atoms with Gasteiger partial charge in [-0.2, -0.15) is 0 Å². The lowest BCUT2D eigenvalue weighted by atomic mass is 9.96. The Morgan fingerprint density at radius 2 is 1.41 bits per heavy atom. The van der Waals surface area contributed by atoms with E-state index in [-0.39, 0.29) is 0 Å². The molecule has 37 heavy (non-hydrogen) atoms. The summed E-state index contributed by atoms with van der Waals surface area (Å²) in [6.07, 6.45) is 7.18. The van der Waals surface area contributed by atoms with Crippen molar-refractivity contribution in [2.45, 2.75) is 67.6 Å². The van der Waals surface area contributed by atoms with E-state index in [1.807, 2.05) is 30.3 Å². The van der Waals surface area contributed by atoms with Gasteiger partial charge in [0.25, 0.3) is 0 Å². The maximum absolute atomic E-state index is 11.7. The van der Waals surface area contributed by atoms with Gasteiger partial charge in [0.05, 0.1) is 23.9 Å². The lowest BCUT2D eigenvalue weighted by molar-refractivity contribution is -0.315. The Bertz CT molecular complexity index is 1110. The van der Waals surface area contributed by atoms with Crippen molar-refractivity contribution >= 4 is 23.7 Å². The van der Waals surface area contributed by atoms with Crippen LogP contribution in [-0.4, -0.2) is 30.3 Å². The van der Waals surface area contributed by atoms with E-state index in [2.05, 4.69) is 24.3 Å². The van der Waals surface area contributed by atoms with E-state index in [1.54, 1.807) is 24.3 Å². The molecule has 0 aliphatic heterocycles. The summed E-state index contributed by atoms with van der Waals surface area (Å²) in [6.45, 7) is 0. The first-order chi connectivity index (χ1) is 18.0. The average molecular weight is 520 g/mol. The molecule has 3 rings (SSSR count). The van der Waals surface area contributed by atoms with Gasteiger partial charge in [0.1, 0.15) is 6.10 Å². The Morgan fingerprint density at radius 3 is 2.05 bits per heavy atom. The first-order valence-electron chi connectivity index (χ1n) is 12.8. The normalized spacial score (nSPS) is 12.6. The Balaban J connectivity index is 1.55. The van der Waals surface area contributed by atoms with Gasteiger partial charge in [-0.15, -0.1) is 11.8 Å². The number of carbonyl (C=O) groups excluding carboxylic acids is 2. The number of carboxylic acid groups (broad SMARTS) is 1. The molecule has 0 saturated carbocycles. The number of aliphatic hydroxyl groups excluding tert-OH is 1. The molecule has 0 aliphatic rings. The highest BCUT2D eigenvalue weighted by Gasteiger charge is 2.26. The zero-order valence-electron chi connectivity index (χ0n) is 21.3. The fourth-order valence-electron chi connectivity index (χ4n) is 4.39. The number of carboxylic acids is 1. The van der Waals surface area contributed by atoms with Gasteiger partial charge in [-0.25, -0.2) is 4.79 Å². The van der Waals surface area contributed by atoms with Crippen molar-refractivity contribution in [2.75, 3.05) is 7.11 Å². The molecule has 3 aromatic rings. The van der Waals surface area contributed by atoms with Gasteiger partial charge >= 0.3 is 5.97 Å². The summed E-state index contributed by atoms with van der Waals surface area (Å²) in [5, 5.41) is 21.4. The first-order valence-corrected chi connectivity index (χ1v) is 13.7. The van der Waals surface area contributed by atoms with Crippen LogP contribution in [0.5, 0.6) is 0 Å². The molecule has 5 nitrogen and oxygen atoms in total. The number of hydrogen-bond acceptors (Lipinski definition) is 6. The highest BCUT2D eigenvalue weighted by molar-refractivity contribution is 7.99. The fraction of sp³-hybridized carbons (Fsp3) is 0.355. The predicted molar refractivity (Wildman–Crippen MR) is 145 cm³/mol. The summed E-state index contributed by atoms with van der Waals surface area (Å²) in [6, 6.07) is 25.0. The minimum Gasteiger partial charge on any atom is -0.547 e. The van der Waals surface area contributed by atoms with E-state index < -0.39 is 23.3 Å². The molecule has 6 heteroatoms. The third kappa shape index (κ3) is 9.06. The standard InChI is InChI=1S/C31H36O5S/c1-36-31(35)25-19-21-26(22-20-25)37-29(28(32)30(33)34)27-18-12-11-17-24(27)16-10-5-3-2-4-7-13-23-14-8-6-9-15-23/h6,8-9,11-12,14-15,17-22,28-29,32H,2-5,7,10,13,16H2,1H3,(H,33,34)/p-1. The van der Waals surface area contributed by atoms with Crippen LogP contribution in [-0.2, 0) is 22.4 Å². The van der Waals surface area contributed by atoms with Crippen LogP contribution in [0.15, 0.2) is 83.8 Å². The summed E-state index contributed by atoms with van der Waals surface area (Å²) in [7, 11) is 1.32. The minimum absolute atomic E-state index is 0.407. The number of carbonyl (C=O) groups is 2. The number of unbranched alkanes of at least 4 members (excludes halogenated alkanes) is 5. The Labute approximate surface area is 223 Å². The molecule has 3 aromatic carbocycles. The first kappa shape index (κ1) is 28.5. The topological polar surface area (TPSA) is 86.7 Å². The minimum atomic E-state index is -1.67. The van der Waals surface area contributed by atoms with Crippen LogP contribution in [0.2, 0.25) is 0 Å². The van der Waals surface area contributed by atoms with E-state index in [0.29, 0.717) is 5.56 Å². The number of aliphatic hydroxyl groups is 1. The molecule has 0 aromatic heterocycles. The smallest absolute Gasteiger partial charge is 0.337 e. The van der Waals surface area contributed by atoms with Gasteiger partial charge < -0.3 is 19.7 Å². The van der Waals surface area contributed by atoms with Crippen LogP contribution in [0.3, 0.4) is 0 Å². The molecule has 0 saturated heterocycles. The highest BCUT2D eigenvalue weighted by Crippen LogP contribution is 2.40. The molecule has 0 bridgehead atoms. The molecular weight excluding hydrogens is 484 g/mol. The number of hydrogen-bond donors (Lipinski definition) is 1. The van der Waals surface area contributed by atoms with E-state index in [0.717, 1.165) is 41.7 Å². The highest BCUT2D eigenvalue weighted by atomic mass is 32.2. The largest absolute Gasteiger partial charge is 0.547 e. The fourth-order valence-corrected chi connectivity index (χ4v) is 5.57. The molecule has 2 unspecified atom stereocenters. The molecule has 0 aliphatic carbocycles. The molecule has 0 amide bonds. The van der Waals surface area contributed by atoms with Crippen LogP contribution in [0.25, 0.3) is 0 Å². The number of aryl methyl sites for hydroxylation is 2. The predicted octanol–water partition coefficient (Wildman–Crippen LogP) is 5.54. The Hall–Kier alpha value is -3.09. The van der Waals surface area contributed by atoms with Gasteiger partial charge in [-0.05, 0) is 66.6 Å². The zero-order chi connectivity index (χ0) is 26.5. The maximum atomic E-state index is 11.7. The SMILES string of the molecule is COC(=O)c1ccc(SC(c2ccccc2CCCCCCCCc2ccccc2)C(O)C(=O)[O-])cc1. The quantitative estimate of drug-likeness (QED) is 0.161. The number of ether oxygens (including phenoxy) is 1. The van der Waals surface area contributed by atoms with Gasteiger partial charge in [-0.3, -0.25) is 0 Å². The van der Waals surface area contributed by atoms with Crippen LogP contribution in [0.4, 0.5) is 0 Å². The second-order valence-electron chi connectivity index (χ2n) is 9.12. The molecule has 2 atom stereocenters. The van der Waals surface area contributed by atoms with Gasteiger partial charge in [0.15, 0.2) is 0 Å². The molecule has 0 spiro atoms. The second kappa shape index (κ2) is 15.2. The van der Waals surface area contributed by atoms with Crippen molar-refractivity contribution in [3.63, 3.8) is 0 Å². The summed E-state index contributed by atoms with van der Waals surface area (Å²) in [5.41, 5.74) is 3.63. The molecule has 1 N–H and O–H groups in total. The van der Waals surface area contributed by atoms with Gasteiger partial charge in [0.2, 0.25) is 0 Å². The van der Waals surface area contributed by atoms with Crippen molar-refractivity contribution in [1.82, 2.24) is 0 Å². The van der Waals surface area contributed by atoms with Crippen molar-refractivity contribution < 1.29 is 24.5 Å². The molecule has 196 valence electrons. The summed E-state index contributed by atoms with van der Waals surface area (Å²) in [5.74, 6) is -1.95. The van der Waals surface area contributed by atoms with E-state index in [4.69, 9.17) is 4.74 Å². The van der Waals surface area contributed by atoms with E-state index in [1.165, 1.54) is 50.1 Å². The van der Waals surface area contributed by atoms with E-state index >= 15 is 0 Å².